The second-order valence-corrected chi connectivity index (χ2v) is 3.73. The third-order valence-electron chi connectivity index (χ3n) is 2.45. The van der Waals surface area contributed by atoms with Gasteiger partial charge in [0.1, 0.15) is 5.52 Å². The van der Waals surface area contributed by atoms with Crippen LogP contribution in [-0.4, -0.2) is 9.97 Å². The molecule has 0 aliphatic heterocycles. The summed E-state index contributed by atoms with van der Waals surface area (Å²) in [6.07, 6.45) is 1.85. The minimum Gasteiger partial charge on any atom is -0.441 e. The van der Waals surface area contributed by atoms with Crippen molar-refractivity contribution in [2.24, 2.45) is 0 Å². The smallest absolute Gasteiger partial charge is 0.192 e. The first-order valence-electron chi connectivity index (χ1n) is 4.86. The van der Waals surface area contributed by atoms with Gasteiger partial charge in [-0.2, -0.15) is 0 Å². The SMILES string of the molecule is Cc1cnc2c(ccc3oc(C)nc32)c1. The van der Waals surface area contributed by atoms with Crippen LogP contribution in [0.25, 0.3) is 22.0 Å². The summed E-state index contributed by atoms with van der Waals surface area (Å²) in [6.45, 7) is 3.88. The van der Waals surface area contributed by atoms with Crippen molar-refractivity contribution in [1.29, 1.82) is 0 Å². The van der Waals surface area contributed by atoms with E-state index in [0.717, 1.165) is 27.6 Å². The Morgan fingerprint density at radius 2 is 2.00 bits per heavy atom. The van der Waals surface area contributed by atoms with Gasteiger partial charge in [0.25, 0.3) is 0 Å². The van der Waals surface area contributed by atoms with Crippen molar-refractivity contribution < 1.29 is 4.42 Å². The standard InChI is InChI=1S/C12H10N2O/c1-7-5-9-3-4-10-12(11(9)13-6-7)14-8(2)15-10/h3-6H,1-2H3. The van der Waals surface area contributed by atoms with Gasteiger partial charge in [0.15, 0.2) is 11.5 Å². The highest BCUT2D eigenvalue weighted by molar-refractivity contribution is 6.00. The van der Waals surface area contributed by atoms with Crippen LogP contribution in [0.5, 0.6) is 0 Å². The summed E-state index contributed by atoms with van der Waals surface area (Å²) in [4.78, 5) is 8.74. The van der Waals surface area contributed by atoms with Crippen LogP contribution in [0.15, 0.2) is 28.8 Å². The lowest BCUT2D eigenvalue weighted by molar-refractivity contribution is 0.561. The Morgan fingerprint density at radius 1 is 1.13 bits per heavy atom. The number of aromatic nitrogens is 2. The predicted molar refractivity (Wildman–Crippen MR) is 58.8 cm³/mol. The molecule has 15 heavy (non-hydrogen) atoms. The average molecular weight is 198 g/mol. The first-order valence-corrected chi connectivity index (χ1v) is 4.86. The molecule has 0 fully saturated rings. The predicted octanol–water partition coefficient (Wildman–Crippen LogP) is 2.99. The van der Waals surface area contributed by atoms with Gasteiger partial charge >= 0.3 is 0 Å². The molecule has 0 spiro atoms. The van der Waals surface area contributed by atoms with E-state index in [1.165, 1.54) is 0 Å². The molecule has 0 amide bonds. The van der Waals surface area contributed by atoms with Crippen molar-refractivity contribution >= 4 is 22.0 Å². The summed E-state index contributed by atoms with van der Waals surface area (Å²) in [5.41, 5.74) is 3.72. The lowest BCUT2D eigenvalue weighted by Gasteiger charge is -1.97. The molecule has 3 heteroatoms. The van der Waals surface area contributed by atoms with Gasteiger partial charge in [-0.25, -0.2) is 4.98 Å². The van der Waals surface area contributed by atoms with Crippen molar-refractivity contribution in [2.45, 2.75) is 13.8 Å². The van der Waals surface area contributed by atoms with Crippen LogP contribution in [-0.2, 0) is 0 Å². The van der Waals surface area contributed by atoms with E-state index in [2.05, 4.69) is 16.0 Å². The molecule has 0 radical (unpaired) electrons. The highest BCUT2D eigenvalue weighted by Crippen LogP contribution is 2.24. The number of nitrogens with zero attached hydrogens (tertiary/aromatic N) is 2. The summed E-state index contributed by atoms with van der Waals surface area (Å²) in [6, 6.07) is 6.06. The van der Waals surface area contributed by atoms with E-state index >= 15 is 0 Å². The number of aryl methyl sites for hydroxylation is 2. The van der Waals surface area contributed by atoms with Gasteiger partial charge in [-0.05, 0) is 30.7 Å². The van der Waals surface area contributed by atoms with E-state index in [9.17, 15) is 0 Å². The lowest BCUT2D eigenvalue weighted by Crippen LogP contribution is -1.82. The summed E-state index contributed by atoms with van der Waals surface area (Å²) < 4.78 is 5.46. The molecule has 0 unspecified atom stereocenters. The van der Waals surface area contributed by atoms with E-state index in [4.69, 9.17) is 4.42 Å². The maximum absolute atomic E-state index is 5.46. The molecule has 0 saturated carbocycles. The van der Waals surface area contributed by atoms with E-state index in [-0.39, 0.29) is 0 Å². The van der Waals surface area contributed by atoms with Crippen LogP contribution in [0.4, 0.5) is 0 Å². The Morgan fingerprint density at radius 3 is 2.87 bits per heavy atom. The fourth-order valence-electron chi connectivity index (χ4n) is 1.81. The normalized spacial score (nSPS) is 11.3. The highest BCUT2D eigenvalue weighted by Gasteiger charge is 2.07. The van der Waals surface area contributed by atoms with Crippen molar-refractivity contribution in [1.82, 2.24) is 9.97 Å². The zero-order chi connectivity index (χ0) is 10.4. The van der Waals surface area contributed by atoms with Gasteiger partial charge < -0.3 is 4.42 Å². The molecular weight excluding hydrogens is 188 g/mol. The van der Waals surface area contributed by atoms with Crippen LogP contribution in [0.1, 0.15) is 11.5 Å². The Labute approximate surface area is 86.8 Å². The van der Waals surface area contributed by atoms with Gasteiger partial charge in [0, 0.05) is 18.5 Å². The fourth-order valence-corrected chi connectivity index (χ4v) is 1.81. The number of fused-ring (bicyclic) bond motifs is 3. The van der Waals surface area contributed by atoms with E-state index in [1.807, 2.05) is 32.2 Å². The molecule has 3 rings (SSSR count). The number of pyridine rings is 1. The van der Waals surface area contributed by atoms with E-state index < -0.39 is 0 Å². The van der Waals surface area contributed by atoms with Crippen molar-refractivity contribution in [2.75, 3.05) is 0 Å². The quantitative estimate of drug-likeness (QED) is 0.557. The van der Waals surface area contributed by atoms with E-state index in [0.29, 0.717) is 5.89 Å². The minimum atomic E-state index is 0.680. The van der Waals surface area contributed by atoms with Crippen molar-refractivity contribution in [3.63, 3.8) is 0 Å². The molecular formula is C12H10N2O. The number of oxazole rings is 1. The van der Waals surface area contributed by atoms with Crippen LogP contribution in [0, 0.1) is 13.8 Å². The van der Waals surface area contributed by atoms with Crippen LogP contribution >= 0.6 is 0 Å². The van der Waals surface area contributed by atoms with E-state index in [1.54, 1.807) is 0 Å². The second kappa shape index (κ2) is 2.79. The van der Waals surface area contributed by atoms with Gasteiger partial charge in [0.2, 0.25) is 0 Å². The molecule has 2 aromatic heterocycles. The number of benzene rings is 1. The first kappa shape index (κ1) is 8.41. The highest BCUT2D eigenvalue weighted by atomic mass is 16.3. The Balaban J connectivity index is 2.53. The molecule has 0 aliphatic carbocycles. The molecule has 0 saturated heterocycles. The largest absolute Gasteiger partial charge is 0.441 e. The summed E-state index contributed by atoms with van der Waals surface area (Å²) in [7, 11) is 0. The summed E-state index contributed by atoms with van der Waals surface area (Å²) >= 11 is 0. The molecule has 0 N–H and O–H groups in total. The zero-order valence-electron chi connectivity index (χ0n) is 8.61. The molecule has 74 valence electrons. The number of hydrogen-bond donors (Lipinski definition) is 0. The molecule has 2 heterocycles. The monoisotopic (exact) mass is 198 g/mol. The first-order chi connectivity index (χ1) is 7.24. The van der Waals surface area contributed by atoms with Gasteiger partial charge in [-0.15, -0.1) is 0 Å². The molecule has 0 bridgehead atoms. The van der Waals surface area contributed by atoms with Crippen molar-refractivity contribution in [3.05, 3.63) is 35.9 Å². The van der Waals surface area contributed by atoms with Crippen molar-refractivity contribution in [3.8, 4) is 0 Å². The lowest BCUT2D eigenvalue weighted by atomic mass is 10.1. The third kappa shape index (κ3) is 1.20. The molecule has 3 nitrogen and oxygen atoms in total. The maximum Gasteiger partial charge on any atom is 0.192 e. The molecule has 0 aliphatic rings. The second-order valence-electron chi connectivity index (χ2n) is 3.73. The Kier molecular flexibility index (Phi) is 1.57. The molecule has 1 aromatic carbocycles. The fraction of sp³-hybridized carbons (Fsp3) is 0.167. The number of rotatable bonds is 0. The summed E-state index contributed by atoms with van der Waals surface area (Å²) in [5.74, 6) is 0.680. The molecule has 3 aromatic rings. The average Bonchev–Trinajstić information content (AvgIpc) is 2.58. The topological polar surface area (TPSA) is 38.9 Å². The summed E-state index contributed by atoms with van der Waals surface area (Å²) in [5, 5.41) is 1.11. The molecule has 0 atom stereocenters. The van der Waals surface area contributed by atoms with Gasteiger partial charge in [-0.1, -0.05) is 0 Å². The van der Waals surface area contributed by atoms with Gasteiger partial charge in [0.05, 0.1) is 5.52 Å². The number of hydrogen-bond acceptors (Lipinski definition) is 3. The minimum absolute atomic E-state index is 0.680. The Hall–Kier alpha value is -1.90. The third-order valence-corrected chi connectivity index (χ3v) is 2.45. The van der Waals surface area contributed by atoms with Crippen LogP contribution in [0.2, 0.25) is 0 Å². The maximum atomic E-state index is 5.46. The van der Waals surface area contributed by atoms with Crippen LogP contribution in [0.3, 0.4) is 0 Å². The zero-order valence-corrected chi connectivity index (χ0v) is 8.61. The van der Waals surface area contributed by atoms with Gasteiger partial charge in [-0.3, -0.25) is 4.98 Å². The van der Waals surface area contributed by atoms with Crippen LogP contribution < -0.4 is 0 Å². The Bertz CT molecular complexity index is 655.